The maximum absolute atomic E-state index is 12.5. The molecule has 1 saturated heterocycles. The molecule has 3 aromatic rings. The average Bonchev–Trinajstić information content (AvgIpc) is 3.27. The molecule has 2 heterocycles. The fraction of sp³-hybridized carbons (Fsp3) is 0.375. The first-order chi connectivity index (χ1) is 14.7. The minimum absolute atomic E-state index is 0.0906. The number of fused-ring (bicyclic) bond motifs is 1. The largest absolute Gasteiger partial charge is 0.497 e. The highest BCUT2D eigenvalue weighted by molar-refractivity contribution is 7.17. The molecule has 1 aliphatic heterocycles. The van der Waals surface area contributed by atoms with Crippen molar-refractivity contribution in [2.24, 2.45) is 0 Å². The first-order valence-electron chi connectivity index (χ1n) is 10.4. The van der Waals surface area contributed by atoms with E-state index in [4.69, 9.17) is 9.47 Å². The van der Waals surface area contributed by atoms with Crippen LogP contribution in [0, 0.1) is 0 Å². The summed E-state index contributed by atoms with van der Waals surface area (Å²) < 4.78 is 12.2. The van der Waals surface area contributed by atoms with Gasteiger partial charge in [-0.3, -0.25) is 9.69 Å². The van der Waals surface area contributed by atoms with E-state index in [9.17, 15) is 4.79 Å². The molecular weight excluding hydrogens is 396 g/mol. The number of hydrogen-bond donors (Lipinski definition) is 0. The highest BCUT2D eigenvalue weighted by Crippen LogP contribution is 2.24. The van der Waals surface area contributed by atoms with Crippen molar-refractivity contribution in [2.45, 2.75) is 13.0 Å². The van der Waals surface area contributed by atoms with Crippen molar-refractivity contribution < 1.29 is 14.3 Å². The molecule has 0 radical (unpaired) electrons. The van der Waals surface area contributed by atoms with Crippen molar-refractivity contribution in [3.8, 4) is 5.75 Å². The number of ether oxygens (including phenoxy) is 2. The van der Waals surface area contributed by atoms with E-state index in [0.29, 0.717) is 6.61 Å². The van der Waals surface area contributed by atoms with Gasteiger partial charge in [0.2, 0.25) is 5.91 Å². The summed E-state index contributed by atoms with van der Waals surface area (Å²) >= 11 is 1.76. The van der Waals surface area contributed by atoms with E-state index in [1.807, 2.05) is 17.0 Å². The minimum atomic E-state index is 0.0906. The maximum Gasteiger partial charge on any atom is 0.248 e. The van der Waals surface area contributed by atoms with Gasteiger partial charge in [-0.25, -0.2) is 0 Å². The van der Waals surface area contributed by atoms with E-state index in [1.165, 1.54) is 21.2 Å². The predicted octanol–water partition coefficient (Wildman–Crippen LogP) is 3.81. The number of benzene rings is 2. The van der Waals surface area contributed by atoms with Gasteiger partial charge < -0.3 is 14.4 Å². The summed E-state index contributed by atoms with van der Waals surface area (Å²) in [6, 6.07) is 16.7. The number of rotatable bonds is 8. The molecule has 0 saturated carbocycles. The molecule has 4 rings (SSSR count). The zero-order valence-corrected chi connectivity index (χ0v) is 18.2. The Hall–Kier alpha value is -2.41. The van der Waals surface area contributed by atoms with Crippen LogP contribution in [0.25, 0.3) is 10.1 Å². The summed E-state index contributed by atoms with van der Waals surface area (Å²) in [6.07, 6.45) is 0.830. The average molecular weight is 425 g/mol. The molecule has 2 aromatic carbocycles. The van der Waals surface area contributed by atoms with E-state index in [-0.39, 0.29) is 12.5 Å². The van der Waals surface area contributed by atoms with Gasteiger partial charge in [-0.2, -0.15) is 0 Å². The molecule has 1 amide bonds. The van der Waals surface area contributed by atoms with Crippen molar-refractivity contribution >= 4 is 27.3 Å². The van der Waals surface area contributed by atoms with Gasteiger partial charge in [-0.1, -0.05) is 24.3 Å². The Kier molecular flexibility index (Phi) is 7.00. The SMILES string of the molecule is COc1ccc(CN2CCN(C(=O)COCCc3cccc4sccc34)CC2)cc1. The van der Waals surface area contributed by atoms with E-state index in [1.54, 1.807) is 18.4 Å². The van der Waals surface area contributed by atoms with Gasteiger partial charge in [0.05, 0.1) is 13.7 Å². The van der Waals surface area contributed by atoms with E-state index >= 15 is 0 Å². The van der Waals surface area contributed by atoms with Crippen molar-refractivity contribution in [3.63, 3.8) is 0 Å². The molecule has 6 heteroatoms. The quantitative estimate of drug-likeness (QED) is 0.516. The van der Waals surface area contributed by atoms with Crippen LogP contribution in [0.2, 0.25) is 0 Å². The zero-order chi connectivity index (χ0) is 20.8. The number of nitrogens with zero attached hydrogens (tertiary/aromatic N) is 2. The Balaban J connectivity index is 1.17. The maximum atomic E-state index is 12.5. The monoisotopic (exact) mass is 424 g/mol. The Labute approximate surface area is 181 Å². The molecule has 0 bridgehead atoms. The van der Waals surface area contributed by atoms with Gasteiger partial charge in [0.15, 0.2) is 0 Å². The summed E-state index contributed by atoms with van der Waals surface area (Å²) in [5.41, 5.74) is 2.55. The molecular formula is C24H28N2O3S. The lowest BCUT2D eigenvalue weighted by Crippen LogP contribution is -2.49. The van der Waals surface area contributed by atoms with Crippen LogP contribution in [0.1, 0.15) is 11.1 Å². The highest BCUT2D eigenvalue weighted by atomic mass is 32.1. The second-order valence-corrected chi connectivity index (χ2v) is 8.50. The zero-order valence-electron chi connectivity index (χ0n) is 17.4. The van der Waals surface area contributed by atoms with Crippen LogP contribution < -0.4 is 4.74 Å². The Morgan fingerprint density at radius 1 is 1.03 bits per heavy atom. The molecule has 0 aliphatic carbocycles. The molecule has 1 aromatic heterocycles. The number of methoxy groups -OCH3 is 1. The summed E-state index contributed by atoms with van der Waals surface area (Å²) in [5.74, 6) is 0.967. The molecule has 1 aliphatic rings. The summed E-state index contributed by atoms with van der Waals surface area (Å²) in [7, 11) is 1.68. The molecule has 30 heavy (non-hydrogen) atoms. The third-order valence-electron chi connectivity index (χ3n) is 5.62. The molecule has 1 fully saturated rings. The normalized spacial score (nSPS) is 14.9. The van der Waals surface area contributed by atoms with Crippen LogP contribution >= 0.6 is 11.3 Å². The van der Waals surface area contributed by atoms with Crippen LogP contribution in [-0.4, -0.2) is 62.2 Å². The third-order valence-corrected chi connectivity index (χ3v) is 6.50. The number of thiophene rings is 1. The number of carbonyl (C=O) groups is 1. The van der Waals surface area contributed by atoms with Gasteiger partial charge in [0.25, 0.3) is 0 Å². The molecule has 0 N–H and O–H groups in total. The smallest absolute Gasteiger partial charge is 0.248 e. The number of hydrogen-bond acceptors (Lipinski definition) is 5. The van der Waals surface area contributed by atoms with Gasteiger partial charge in [-0.05, 0) is 52.6 Å². The summed E-state index contributed by atoms with van der Waals surface area (Å²) in [5, 5.41) is 3.41. The van der Waals surface area contributed by atoms with Gasteiger partial charge >= 0.3 is 0 Å². The summed E-state index contributed by atoms with van der Waals surface area (Å²) in [4.78, 5) is 16.8. The number of amides is 1. The van der Waals surface area contributed by atoms with Gasteiger partial charge in [-0.15, -0.1) is 11.3 Å². The predicted molar refractivity (Wildman–Crippen MR) is 121 cm³/mol. The summed E-state index contributed by atoms with van der Waals surface area (Å²) in [6.45, 7) is 4.92. The first-order valence-corrected chi connectivity index (χ1v) is 11.3. The fourth-order valence-electron chi connectivity index (χ4n) is 3.85. The molecule has 158 valence electrons. The third kappa shape index (κ3) is 5.19. The van der Waals surface area contributed by atoms with Crippen LogP contribution in [-0.2, 0) is 22.5 Å². The topological polar surface area (TPSA) is 42.0 Å². The van der Waals surface area contributed by atoms with Crippen LogP contribution in [0.15, 0.2) is 53.9 Å². The second-order valence-electron chi connectivity index (χ2n) is 7.56. The second kappa shape index (κ2) is 10.1. The lowest BCUT2D eigenvalue weighted by atomic mass is 10.1. The number of carbonyl (C=O) groups excluding carboxylic acids is 1. The number of piperazine rings is 1. The standard InChI is InChI=1S/C24H28N2O3S/c1-28-21-7-5-19(6-8-21)17-25-11-13-26(14-12-25)24(27)18-29-15-9-20-3-2-4-23-22(20)10-16-30-23/h2-8,10,16H,9,11-15,17-18H2,1H3. The first kappa shape index (κ1) is 20.8. The van der Waals surface area contributed by atoms with Crippen molar-refractivity contribution in [2.75, 3.05) is 46.5 Å². The molecule has 0 spiro atoms. The van der Waals surface area contributed by atoms with E-state index in [0.717, 1.165) is 44.9 Å². The van der Waals surface area contributed by atoms with Crippen LogP contribution in [0.3, 0.4) is 0 Å². The minimum Gasteiger partial charge on any atom is -0.497 e. The fourth-order valence-corrected chi connectivity index (χ4v) is 4.69. The highest BCUT2D eigenvalue weighted by Gasteiger charge is 2.21. The van der Waals surface area contributed by atoms with Gasteiger partial charge in [0.1, 0.15) is 12.4 Å². The van der Waals surface area contributed by atoms with E-state index < -0.39 is 0 Å². The van der Waals surface area contributed by atoms with Gasteiger partial charge in [0, 0.05) is 37.4 Å². The lowest BCUT2D eigenvalue weighted by molar-refractivity contribution is -0.137. The van der Waals surface area contributed by atoms with Crippen molar-refractivity contribution in [3.05, 3.63) is 65.0 Å². The van der Waals surface area contributed by atoms with Crippen LogP contribution in [0.5, 0.6) is 5.75 Å². The Morgan fingerprint density at radius 3 is 2.60 bits per heavy atom. The molecule has 5 nitrogen and oxygen atoms in total. The van der Waals surface area contributed by atoms with Crippen LogP contribution in [0.4, 0.5) is 0 Å². The molecule has 0 atom stereocenters. The van der Waals surface area contributed by atoms with Crippen molar-refractivity contribution in [1.82, 2.24) is 9.80 Å². The Bertz CT molecular complexity index is 962. The molecule has 0 unspecified atom stereocenters. The lowest BCUT2D eigenvalue weighted by Gasteiger charge is -2.34. The van der Waals surface area contributed by atoms with Crippen molar-refractivity contribution in [1.29, 1.82) is 0 Å². The van der Waals surface area contributed by atoms with E-state index in [2.05, 4.69) is 46.7 Å². The Morgan fingerprint density at radius 2 is 1.83 bits per heavy atom.